The number of hydrogen-bond acceptors (Lipinski definition) is 4. The fourth-order valence-electron chi connectivity index (χ4n) is 1.54. The Hall–Kier alpha value is -1.56. The normalized spacial score (nSPS) is 19.3. The maximum Gasteiger partial charge on any atom is 0.586 e. The largest absolute Gasteiger partial charge is 0.586 e. The molecule has 1 heterocycles. The molecule has 0 amide bonds. The molecule has 0 radical (unpaired) electrons. The lowest BCUT2D eigenvalue weighted by Gasteiger charge is -2.28. The van der Waals surface area contributed by atoms with Crippen LogP contribution in [0.15, 0.2) is 18.2 Å². The third-order valence-corrected chi connectivity index (χ3v) is 3.30. The highest BCUT2D eigenvalue weighted by Gasteiger charge is 2.43. The molecule has 0 spiro atoms. The van der Waals surface area contributed by atoms with E-state index in [2.05, 4.69) is 14.8 Å². The summed E-state index contributed by atoms with van der Waals surface area (Å²) in [4.78, 5) is 0. The van der Waals surface area contributed by atoms with Gasteiger partial charge in [-0.05, 0) is 25.0 Å². The zero-order valence-electron chi connectivity index (χ0n) is 11.0. The molecule has 4 nitrogen and oxygen atoms in total. The van der Waals surface area contributed by atoms with Gasteiger partial charge >= 0.3 is 6.29 Å². The van der Waals surface area contributed by atoms with Crippen LogP contribution in [-0.2, 0) is 0 Å². The zero-order chi connectivity index (χ0) is 14.3. The minimum atomic E-state index is -3.61. The minimum absolute atomic E-state index is 0.00571. The van der Waals surface area contributed by atoms with Crippen LogP contribution in [0.1, 0.15) is 20.8 Å². The Balaban J connectivity index is 2.05. The van der Waals surface area contributed by atoms with Gasteiger partial charge in [0.2, 0.25) is 0 Å². The van der Waals surface area contributed by atoms with Gasteiger partial charge in [0, 0.05) is 18.3 Å². The van der Waals surface area contributed by atoms with Crippen LogP contribution in [0, 0.1) is 5.92 Å². The molecule has 1 aliphatic rings. The molecule has 2 N–H and O–H groups in total. The molecule has 19 heavy (non-hydrogen) atoms. The Labute approximate surface area is 110 Å². The summed E-state index contributed by atoms with van der Waals surface area (Å²) < 4.78 is 34.3. The molecule has 1 aromatic carbocycles. The van der Waals surface area contributed by atoms with Crippen LogP contribution in [0.25, 0.3) is 0 Å². The number of alkyl halides is 2. The predicted octanol–water partition coefficient (Wildman–Crippen LogP) is 2.83. The Morgan fingerprint density at radius 1 is 1.32 bits per heavy atom. The fraction of sp³-hybridized carbons (Fsp3) is 0.538. The van der Waals surface area contributed by atoms with E-state index in [4.69, 9.17) is 0 Å². The maximum atomic E-state index is 12.8. The second kappa shape index (κ2) is 4.52. The summed E-state index contributed by atoms with van der Waals surface area (Å²) >= 11 is 0. The Morgan fingerprint density at radius 3 is 2.58 bits per heavy atom. The van der Waals surface area contributed by atoms with Crippen molar-refractivity contribution in [2.24, 2.45) is 5.92 Å². The van der Waals surface area contributed by atoms with Crippen LogP contribution in [-0.4, -0.2) is 23.5 Å². The minimum Gasteiger partial charge on any atom is -0.395 e. The van der Waals surface area contributed by atoms with Crippen molar-refractivity contribution in [2.75, 3.05) is 11.9 Å². The molecule has 6 heteroatoms. The molecule has 0 saturated heterocycles. The van der Waals surface area contributed by atoms with Crippen molar-refractivity contribution in [3.8, 4) is 11.5 Å². The van der Waals surface area contributed by atoms with Gasteiger partial charge in [0.15, 0.2) is 11.5 Å². The lowest BCUT2D eigenvalue weighted by atomic mass is 9.92. The summed E-state index contributed by atoms with van der Waals surface area (Å²) in [5, 5.41) is 13.1. The van der Waals surface area contributed by atoms with Gasteiger partial charge in [-0.3, -0.25) is 0 Å². The van der Waals surface area contributed by atoms with E-state index in [1.807, 2.05) is 13.8 Å². The summed E-state index contributed by atoms with van der Waals surface area (Å²) in [6, 6.07) is 4.43. The first-order chi connectivity index (χ1) is 8.70. The molecule has 0 aliphatic carbocycles. The highest BCUT2D eigenvalue weighted by molar-refractivity contribution is 5.56. The second-order valence-electron chi connectivity index (χ2n) is 5.19. The molecule has 1 aliphatic heterocycles. The van der Waals surface area contributed by atoms with Crippen molar-refractivity contribution < 1.29 is 23.4 Å². The van der Waals surface area contributed by atoms with Gasteiger partial charge in [0.25, 0.3) is 0 Å². The average Bonchev–Trinajstić information content (AvgIpc) is 2.59. The lowest BCUT2D eigenvalue weighted by Crippen LogP contribution is -2.38. The number of ether oxygens (including phenoxy) is 2. The van der Waals surface area contributed by atoms with Crippen molar-refractivity contribution in [2.45, 2.75) is 32.7 Å². The standard InChI is InChI=1S/C13H17F2NO3/c1-8(2)12(3,17)7-16-9-4-5-10-11(6-9)19-13(14,15)18-10/h4-6,8,16-17H,7H2,1-3H3. The van der Waals surface area contributed by atoms with Crippen molar-refractivity contribution >= 4 is 5.69 Å². The summed E-state index contributed by atoms with van der Waals surface area (Å²) in [6.45, 7) is 5.83. The number of rotatable bonds is 4. The maximum absolute atomic E-state index is 12.8. The highest BCUT2D eigenvalue weighted by atomic mass is 19.3. The predicted molar refractivity (Wildman–Crippen MR) is 66.6 cm³/mol. The number of hydrogen-bond donors (Lipinski definition) is 2. The van der Waals surface area contributed by atoms with Gasteiger partial charge < -0.3 is 19.9 Å². The van der Waals surface area contributed by atoms with E-state index >= 15 is 0 Å². The molecule has 0 aromatic heterocycles. The zero-order valence-corrected chi connectivity index (χ0v) is 11.0. The molecule has 0 saturated carbocycles. The average molecular weight is 273 g/mol. The Bertz CT molecular complexity index is 475. The van der Waals surface area contributed by atoms with E-state index in [0.29, 0.717) is 12.2 Å². The number of benzene rings is 1. The molecule has 106 valence electrons. The van der Waals surface area contributed by atoms with Gasteiger partial charge in [0.05, 0.1) is 5.60 Å². The number of anilines is 1. The van der Waals surface area contributed by atoms with Gasteiger partial charge in [-0.1, -0.05) is 13.8 Å². The Kier molecular flexibility index (Phi) is 3.30. The molecular weight excluding hydrogens is 256 g/mol. The van der Waals surface area contributed by atoms with Gasteiger partial charge in [-0.25, -0.2) is 0 Å². The van der Waals surface area contributed by atoms with Crippen LogP contribution in [0.5, 0.6) is 11.5 Å². The smallest absolute Gasteiger partial charge is 0.395 e. The second-order valence-corrected chi connectivity index (χ2v) is 5.19. The van der Waals surface area contributed by atoms with E-state index in [1.54, 1.807) is 13.0 Å². The molecule has 1 aromatic rings. The quantitative estimate of drug-likeness (QED) is 0.885. The van der Waals surface area contributed by atoms with E-state index < -0.39 is 11.9 Å². The first-order valence-corrected chi connectivity index (χ1v) is 6.06. The van der Waals surface area contributed by atoms with E-state index in [1.165, 1.54) is 12.1 Å². The van der Waals surface area contributed by atoms with Gasteiger partial charge in [0.1, 0.15) is 0 Å². The van der Waals surface area contributed by atoms with Gasteiger partial charge in [-0.15, -0.1) is 8.78 Å². The molecule has 2 rings (SSSR count). The summed E-state index contributed by atoms with van der Waals surface area (Å²) in [6.07, 6.45) is -3.61. The molecule has 0 fully saturated rings. The highest BCUT2D eigenvalue weighted by Crippen LogP contribution is 2.42. The number of halogens is 2. The van der Waals surface area contributed by atoms with Crippen LogP contribution < -0.4 is 14.8 Å². The van der Waals surface area contributed by atoms with E-state index in [-0.39, 0.29) is 17.4 Å². The summed E-state index contributed by atoms with van der Waals surface area (Å²) in [7, 11) is 0. The summed E-state index contributed by atoms with van der Waals surface area (Å²) in [5.74, 6) is 0.0590. The Morgan fingerprint density at radius 2 is 1.95 bits per heavy atom. The fourth-order valence-corrected chi connectivity index (χ4v) is 1.54. The topological polar surface area (TPSA) is 50.7 Å². The van der Waals surface area contributed by atoms with E-state index in [9.17, 15) is 13.9 Å². The van der Waals surface area contributed by atoms with Crippen molar-refractivity contribution in [3.05, 3.63) is 18.2 Å². The third kappa shape index (κ3) is 3.07. The van der Waals surface area contributed by atoms with Gasteiger partial charge in [-0.2, -0.15) is 0 Å². The van der Waals surface area contributed by atoms with Crippen molar-refractivity contribution in [1.82, 2.24) is 0 Å². The summed E-state index contributed by atoms with van der Waals surface area (Å²) in [5.41, 5.74) is -0.304. The van der Waals surface area contributed by atoms with Crippen LogP contribution in [0.3, 0.4) is 0 Å². The molecule has 0 bridgehead atoms. The number of fused-ring (bicyclic) bond motifs is 1. The first-order valence-electron chi connectivity index (χ1n) is 6.06. The monoisotopic (exact) mass is 273 g/mol. The van der Waals surface area contributed by atoms with Crippen LogP contribution >= 0.6 is 0 Å². The molecule has 1 unspecified atom stereocenters. The number of aliphatic hydroxyl groups is 1. The first kappa shape index (κ1) is 13.9. The van der Waals surface area contributed by atoms with Crippen molar-refractivity contribution in [1.29, 1.82) is 0 Å². The molecule has 1 atom stereocenters. The number of nitrogens with one attached hydrogen (secondary N) is 1. The SMILES string of the molecule is CC(C)C(C)(O)CNc1ccc2c(c1)OC(F)(F)O2. The molecular formula is C13H17F2NO3. The third-order valence-electron chi connectivity index (χ3n) is 3.30. The van der Waals surface area contributed by atoms with E-state index in [0.717, 1.165) is 0 Å². The van der Waals surface area contributed by atoms with Crippen LogP contribution in [0.2, 0.25) is 0 Å². The lowest BCUT2D eigenvalue weighted by molar-refractivity contribution is -0.286. The van der Waals surface area contributed by atoms with Crippen molar-refractivity contribution in [3.63, 3.8) is 0 Å². The van der Waals surface area contributed by atoms with Crippen LogP contribution in [0.4, 0.5) is 14.5 Å².